The third kappa shape index (κ3) is 2.92. The number of rotatable bonds is 3. The molecule has 0 saturated carbocycles. The number of nitrogens with zero attached hydrogens (tertiary/aromatic N) is 6. The minimum Gasteiger partial charge on any atom is -0.298 e. The lowest BCUT2D eigenvalue weighted by atomic mass is 10.1. The first-order valence-electron chi connectivity index (χ1n) is 10.0. The van der Waals surface area contributed by atoms with Gasteiger partial charge >= 0.3 is 0 Å². The van der Waals surface area contributed by atoms with Crippen molar-refractivity contribution >= 4 is 16.7 Å². The second-order valence-corrected chi connectivity index (χ2v) is 7.45. The monoisotopic (exact) mass is 421 g/mol. The van der Waals surface area contributed by atoms with Crippen molar-refractivity contribution in [3.05, 3.63) is 84.8 Å². The molecule has 0 aromatic carbocycles. The molecule has 0 bridgehead atoms. The third-order valence-electron chi connectivity index (χ3n) is 5.41. The lowest BCUT2D eigenvalue weighted by Gasteiger charge is -2.07. The van der Waals surface area contributed by atoms with E-state index in [1.807, 2.05) is 53.2 Å². The van der Waals surface area contributed by atoms with Crippen LogP contribution in [-0.2, 0) is 0 Å². The SMILES string of the molecule is Cc1nc(-c2nc3ccccn3c2-c2ccc3ncc(-c4cn[nH]c4)cc3n2)ccc1F. The van der Waals surface area contributed by atoms with Crippen molar-refractivity contribution in [3.63, 3.8) is 0 Å². The van der Waals surface area contributed by atoms with E-state index in [1.54, 1.807) is 25.4 Å². The van der Waals surface area contributed by atoms with E-state index in [2.05, 4.69) is 20.2 Å². The van der Waals surface area contributed by atoms with Crippen LogP contribution < -0.4 is 0 Å². The zero-order chi connectivity index (χ0) is 21.7. The highest BCUT2D eigenvalue weighted by Gasteiger charge is 2.19. The van der Waals surface area contributed by atoms with Gasteiger partial charge in [-0.25, -0.2) is 19.3 Å². The van der Waals surface area contributed by atoms with Crippen LogP contribution in [-0.4, -0.2) is 34.5 Å². The highest BCUT2D eigenvalue weighted by molar-refractivity contribution is 5.85. The number of H-pyrrole nitrogens is 1. The normalized spacial score (nSPS) is 11.4. The summed E-state index contributed by atoms with van der Waals surface area (Å²) >= 11 is 0. The fourth-order valence-corrected chi connectivity index (χ4v) is 3.80. The van der Waals surface area contributed by atoms with Gasteiger partial charge in [0.2, 0.25) is 0 Å². The van der Waals surface area contributed by atoms with Crippen LogP contribution in [0.4, 0.5) is 4.39 Å². The van der Waals surface area contributed by atoms with E-state index in [1.165, 1.54) is 6.07 Å². The summed E-state index contributed by atoms with van der Waals surface area (Å²) in [5.74, 6) is -0.347. The number of nitrogens with one attached hydrogen (secondary N) is 1. The van der Waals surface area contributed by atoms with E-state index < -0.39 is 0 Å². The zero-order valence-corrected chi connectivity index (χ0v) is 17.0. The fourth-order valence-electron chi connectivity index (χ4n) is 3.80. The first-order valence-corrected chi connectivity index (χ1v) is 10.0. The number of aromatic nitrogens is 7. The second-order valence-electron chi connectivity index (χ2n) is 7.45. The first kappa shape index (κ1) is 18.3. The molecule has 7 nitrogen and oxygen atoms in total. The molecule has 0 amide bonds. The Morgan fingerprint density at radius 1 is 0.875 bits per heavy atom. The highest BCUT2D eigenvalue weighted by Crippen LogP contribution is 2.32. The maximum absolute atomic E-state index is 13.9. The Bertz CT molecular complexity index is 1600. The Labute approximate surface area is 181 Å². The largest absolute Gasteiger partial charge is 0.298 e. The molecular weight excluding hydrogens is 405 g/mol. The van der Waals surface area contributed by atoms with Gasteiger partial charge in [-0.1, -0.05) is 6.07 Å². The molecule has 1 N–H and O–H groups in total. The molecule has 0 fully saturated rings. The molecule has 0 radical (unpaired) electrons. The lowest BCUT2D eigenvalue weighted by Crippen LogP contribution is -1.96. The molecule has 0 aliphatic heterocycles. The standard InChI is InChI=1S/C24H16FN7/c1-14-17(25)5-6-19(29-14)23-24(32-9-3-2-4-22(32)31-23)20-8-7-18-21(30-20)10-15(11-26-18)16-12-27-28-13-16/h2-13H,1H3,(H,27,28). The predicted octanol–water partition coefficient (Wildman–Crippen LogP) is 4.84. The maximum Gasteiger partial charge on any atom is 0.144 e. The minimum absolute atomic E-state index is 0.325. The summed E-state index contributed by atoms with van der Waals surface area (Å²) in [6.45, 7) is 1.64. The first-order chi connectivity index (χ1) is 15.7. The number of aromatic amines is 1. The summed E-state index contributed by atoms with van der Waals surface area (Å²) in [7, 11) is 0. The van der Waals surface area contributed by atoms with Crippen molar-refractivity contribution in [1.29, 1.82) is 0 Å². The highest BCUT2D eigenvalue weighted by atomic mass is 19.1. The van der Waals surface area contributed by atoms with E-state index in [4.69, 9.17) is 9.97 Å². The van der Waals surface area contributed by atoms with Gasteiger partial charge in [-0.05, 0) is 49.4 Å². The van der Waals surface area contributed by atoms with Crippen LogP contribution >= 0.6 is 0 Å². The number of aryl methyl sites for hydroxylation is 1. The molecule has 6 heterocycles. The molecular formula is C24H16FN7. The van der Waals surface area contributed by atoms with Gasteiger partial charge in [0.15, 0.2) is 0 Å². The summed E-state index contributed by atoms with van der Waals surface area (Å²) in [6, 6.07) is 14.7. The summed E-state index contributed by atoms with van der Waals surface area (Å²) in [5.41, 5.74) is 7.22. The number of pyridine rings is 4. The van der Waals surface area contributed by atoms with E-state index >= 15 is 0 Å². The Kier molecular flexibility index (Phi) is 4.04. The average Bonchev–Trinajstić information content (AvgIpc) is 3.48. The quantitative estimate of drug-likeness (QED) is 0.442. The van der Waals surface area contributed by atoms with Gasteiger partial charge < -0.3 is 0 Å². The van der Waals surface area contributed by atoms with Gasteiger partial charge in [0.25, 0.3) is 0 Å². The van der Waals surface area contributed by atoms with E-state index in [-0.39, 0.29) is 5.82 Å². The molecule has 0 aliphatic rings. The predicted molar refractivity (Wildman–Crippen MR) is 119 cm³/mol. The van der Waals surface area contributed by atoms with Crippen molar-refractivity contribution in [1.82, 2.24) is 34.5 Å². The molecule has 6 rings (SSSR count). The zero-order valence-electron chi connectivity index (χ0n) is 17.0. The number of hydrogen-bond donors (Lipinski definition) is 1. The second kappa shape index (κ2) is 7.05. The third-order valence-corrected chi connectivity index (χ3v) is 5.41. The average molecular weight is 421 g/mol. The fraction of sp³-hybridized carbons (Fsp3) is 0.0417. The van der Waals surface area contributed by atoms with Gasteiger partial charge in [-0.15, -0.1) is 0 Å². The van der Waals surface area contributed by atoms with Crippen LogP contribution in [0.25, 0.3) is 50.6 Å². The van der Waals surface area contributed by atoms with Gasteiger partial charge in [-0.3, -0.25) is 14.5 Å². The van der Waals surface area contributed by atoms with Crippen molar-refractivity contribution < 1.29 is 4.39 Å². The van der Waals surface area contributed by atoms with Gasteiger partial charge in [-0.2, -0.15) is 5.10 Å². The number of hydrogen-bond acceptors (Lipinski definition) is 5. The van der Waals surface area contributed by atoms with Gasteiger partial charge in [0, 0.05) is 29.7 Å². The van der Waals surface area contributed by atoms with Crippen LogP contribution in [0.5, 0.6) is 0 Å². The number of fused-ring (bicyclic) bond motifs is 2. The Morgan fingerprint density at radius 3 is 2.62 bits per heavy atom. The van der Waals surface area contributed by atoms with Crippen LogP contribution in [0, 0.1) is 12.7 Å². The Hall–Kier alpha value is -4.46. The molecule has 8 heteroatoms. The molecule has 0 spiro atoms. The molecule has 0 atom stereocenters. The molecule has 32 heavy (non-hydrogen) atoms. The lowest BCUT2D eigenvalue weighted by molar-refractivity contribution is 0.610. The summed E-state index contributed by atoms with van der Waals surface area (Å²) in [4.78, 5) is 18.7. The van der Waals surface area contributed by atoms with E-state index in [0.29, 0.717) is 17.1 Å². The summed E-state index contributed by atoms with van der Waals surface area (Å²) < 4.78 is 15.8. The van der Waals surface area contributed by atoms with Crippen LogP contribution in [0.3, 0.4) is 0 Å². The molecule has 0 unspecified atom stereocenters. The molecule has 6 aromatic heterocycles. The smallest absolute Gasteiger partial charge is 0.144 e. The van der Waals surface area contributed by atoms with Crippen molar-refractivity contribution in [2.75, 3.05) is 0 Å². The van der Waals surface area contributed by atoms with Crippen molar-refractivity contribution in [2.45, 2.75) is 6.92 Å². The number of halogens is 1. The minimum atomic E-state index is -0.347. The maximum atomic E-state index is 13.9. The Balaban J connectivity index is 1.59. The number of imidazole rings is 1. The van der Waals surface area contributed by atoms with Gasteiger partial charge in [0.1, 0.15) is 22.9 Å². The Morgan fingerprint density at radius 2 is 1.78 bits per heavy atom. The summed E-state index contributed by atoms with van der Waals surface area (Å²) in [5, 5.41) is 6.83. The van der Waals surface area contributed by atoms with Crippen molar-refractivity contribution in [2.24, 2.45) is 0 Å². The van der Waals surface area contributed by atoms with E-state index in [9.17, 15) is 4.39 Å². The summed E-state index contributed by atoms with van der Waals surface area (Å²) in [6.07, 6.45) is 7.30. The topological polar surface area (TPSA) is 84.6 Å². The van der Waals surface area contributed by atoms with E-state index in [0.717, 1.165) is 39.2 Å². The molecule has 0 aliphatic carbocycles. The van der Waals surface area contributed by atoms with Crippen LogP contribution in [0.2, 0.25) is 0 Å². The van der Waals surface area contributed by atoms with Crippen LogP contribution in [0.1, 0.15) is 5.69 Å². The molecule has 0 saturated heterocycles. The van der Waals surface area contributed by atoms with Gasteiger partial charge in [0.05, 0.1) is 34.3 Å². The molecule has 154 valence electrons. The van der Waals surface area contributed by atoms with Crippen LogP contribution in [0.15, 0.2) is 73.3 Å². The van der Waals surface area contributed by atoms with Crippen molar-refractivity contribution in [3.8, 4) is 33.9 Å². The molecule has 6 aromatic rings.